The number of nitrogens with two attached hydrogens (primary N) is 1. The Hall–Kier alpha value is -0.380. The molecule has 1 heterocycles. The van der Waals surface area contributed by atoms with Crippen molar-refractivity contribution in [3.8, 4) is 0 Å². The third-order valence-electron chi connectivity index (χ3n) is 2.93. The van der Waals surface area contributed by atoms with Gasteiger partial charge in [-0.25, -0.2) is 0 Å². The molecule has 1 aromatic heterocycles. The molecule has 2 N–H and O–H groups in total. The molecule has 2 rings (SSSR count). The molecule has 1 unspecified atom stereocenters. The van der Waals surface area contributed by atoms with Crippen LogP contribution in [-0.2, 0) is 0 Å². The smallest absolute Gasteiger partial charge is 0.0564 e. The van der Waals surface area contributed by atoms with Crippen molar-refractivity contribution in [2.75, 3.05) is 13.6 Å². The Labute approximate surface area is 89.7 Å². The van der Waals surface area contributed by atoms with Gasteiger partial charge in [0.1, 0.15) is 0 Å². The third-order valence-corrected chi connectivity index (χ3v) is 4.03. The molecule has 0 aliphatic heterocycles. The molecule has 0 radical (unpaired) electrons. The van der Waals surface area contributed by atoms with Crippen LogP contribution in [-0.4, -0.2) is 24.5 Å². The summed E-state index contributed by atoms with van der Waals surface area (Å²) in [6.07, 6.45) is 2.69. The minimum Gasteiger partial charge on any atom is -0.329 e. The molecule has 78 valence electrons. The number of nitrogens with zero attached hydrogens (tertiary/aromatic N) is 1. The summed E-state index contributed by atoms with van der Waals surface area (Å²) >= 11 is 1.87. The van der Waals surface area contributed by atoms with E-state index < -0.39 is 0 Å². The zero-order chi connectivity index (χ0) is 10.1. The Bertz CT molecular complexity index is 304. The van der Waals surface area contributed by atoms with Gasteiger partial charge >= 0.3 is 0 Å². The number of aryl methyl sites for hydroxylation is 1. The Kier molecular flexibility index (Phi) is 2.91. The van der Waals surface area contributed by atoms with Gasteiger partial charge in [-0.05, 0) is 38.9 Å². The van der Waals surface area contributed by atoms with Crippen molar-refractivity contribution >= 4 is 11.3 Å². The third kappa shape index (κ3) is 2.00. The van der Waals surface area contributed by atoms with Crippen LogP contribution >= 0.6 is 11.3 Å². The molecule has 14 heavy (non-hydrogen) atoms. The summed E-state index contributed by atoms with van der Waals surface area (Å²) < 4.78 is 0. The molecule has 0 amide bonds. The van der Waals surface area contributed by atoms with Crippen LogP contribution in [0.4, 0.5) is 0 Å². The topological polar surface area (TPSA) is 29.3 Å². The second-order valence-electron chi connectivity index (χ2n) is 4.10. The van der Waals surface area contributed by atoms with Gasteiger partial charge in [0.05, 0.1) is 6.04 Å². The summed E-state index contributed by atoms with van der Waals surface area (Å²) in [4.78, 5) is 5.23. The predicted molar refractivity (Wildman–Crippen MR) is 61.6 cm³/mol. The fraction of sp³-hybridized carbons (Fsp3) is 0.636. The van der Waals surface area contributed by atoms with Crippen LogP contribution in [0.3, 0.4) is 0 Å². The van der Waals surface area contributed by atoms with Gasteiger partial charge in [0.2, 0.25) is 0 Å². The lowest BCUT2D eigenvalue weighted by Crippen LogP contribution is -2.31. The number of thiophene rings is 1. The monoisotopic (exact) mass is 210 g/mol. The molecule has 0 bridgehead atoms. The minimum absolute atomic E-state index is 0.432. The van der Waals surface area contributed by atoms with E-state index in [9.17, 15) is 0 Å². The highest BCUT2D eigenvalue weighted by molar-refractivity contribution is 7.12. The van der Waals surface area contributed by atoms with Crippen molar-refractivity contribution in [2.45, 2.75) is 31.8 Å². The molecule has 0 saturated heterocycles. The quantitative estimate of drug-likeness (QED) is 0.825. The van der Waals surface area contributed by atoms with Gasteiger partial charge in [0, 0.05) is 22.3 Å². The van der Waals surface area contributed by atoms with E-state index in [2.05, 4.69) is 31.0 Å². The molecular formula is C11H18N2S. The van der Waals surface area contributed by atoms with Gasteiger partial charge < -0.3 is 5.73 Å². The van der Waals surface area contributed by atoms with Gasteiger partial charge in [-0.15, -0.1) is 11.3 Å². The summed E-state index contributed by atoms with van der Waals surface area (Å²) in [7, 11) is 2.20. The largest absolute Gasteiger partial charge is 0.329 e. The van der Waals surface area contributed by atoms with Crippen molar-refractivity contribution in [2.24, 2.45) is 5.73 Å². The number of likely N-dealkylation sites (N-methyl/N-ethyl adjacent to an activating group) is 1. The SMILES string of the molecule is Cc1ccc(C(CN)N(C)C2CC2)s1. The molecule has 2 nitrogen and oxygen atoms in total. The highest BCUT2D eigenvalue weighted by Gasteiger charge is 2.31. The van der Waals surface area contributed by atoms with E-state index in [4.69, 9.17) is 5.73 Å². The van der Waals surface area contributed by atoms with E-state index in [0.717, 1.165) is 12.6 Å². The Morgan fingerprint density at radius 3 is 2.71 bits per heavy atom. The maximum atomic E-state index is 5.85. The fourth-order valence-corrected chi connectivity index (χ4v) is 2.89. The Morgan fingerprint density at radius 2 is 2.29 bits per heavy atom. The van der Waals surface area contributed by atoms with Gasteiger partial charge in [-0.3, -0.25) is 4.90 Å². The van der Waals surface area contributed by atoms with Gasteiger partial charge in [-0.1, -0.05) is 0 Å². The van der Waals surface area contributed by atoms with Crippen LogP contribution in [0.1, 0.15) is 28.6 Å². The van der Waals surface area contributed by atoms with E-state index >= 15 is 0 Å². The average molecular weight is 210 g/mol. The summed E-state index contributed by atoms with van der Waals surface area (Å²) in [6.45, 7) is 2.88. The van der Waals surface area contributed by atoms with Crippen molar-refractivity contribution in [1.29, 1.82) is 0 Å². The van der Waals surface area contributed by atoms with Crippen molar-refractivity contribution in [1.82, 2.24) is 4.90 Å². The Morgan fingerprint density at radius 1 is 1.57 bits per heavy atom. The maximum Gasteiger partial charge on any atom is 0.0564 e. The van der Waals surface area contributed by atoms with E-state index in [1.54, 1.807) is 0 Å². The normalized spacial score (nSPS) is 18.9. The van der Waals surface area contributed by atoms with E-state index in [1.807, 2.05) is 11.3 Å². The van der Waals surface area contributed by atoms with Crippen molar-refractivity contribution in [3.63, 3.8) is 0 Å². The highest BCUT2D eigenvalue weighted by atomic mass is 32.1. The molecule has 1 aromatic rings. The van der Waals surface area contributed by atoms with Gasteiger partial charge in [0.15, 0.2) is 0 Å². The van der Waals surface area contributed by atoms with E-state index in [1.165, 1.54) is 22.6 Å². The molecule has 1 fully saturated rings. The van der Waals surface area contributed by atoms with Crippen LogP contribution in [0.2, 0.25) is 0 Å². The first-order chi connectivity index (χ1) is 6.72. The molecule has 1 aliphatic carbocycles. The number of rotatable bonds is 4. The molecular weight excluding hydrogens is 192 g/mol. The lowest BCUT2D eigenvalue weighted by atomic mass is 10.2. The van der Waals surface area contributed by atoms with Crippen molar-refractivity contribution in [3.05, 3.63) is 21.9 Å². The van der Waals surface area contributed by atoms with Gasteiger partial charge in [-0.2, -0.15) is 0 Å². The van der Waals surface area contributed by atoms with Crippen LogP contribution < -0.4 is 5.73 Å². The zero-order valence-electron chi connectivity index (χ0n) is 8.86. The van der Waals surface area contributed by atoms with E-state index in [0.29, 0.717) is 6.04 Å². The Balaban J connectivity index is 2.11. The minimum atomic E-state index is 0.432. The summed E-state index contributed by atoms with van der Waals surface area (Å²) in [5, 5.41) is 0. The zero-order valence-corrected chi connectivity index (χ0v) is 9.68. The first-order valence-electron chi connectivity index (χ1n) is 5.20. The second kappa shape index (κ2) is 4.01. The standard InChI is InChI=1S/C11H18N2S/c1-8-3-6-11(14-8)10(7-12)13(2)9-4-5-9/h3,6,9-10H,4-5,7,12H2,1-2H3. The van der Waals surface area contributed by atoms with E-state index in [-0.39, 0.29) is 0 Å². The molecule has 0 spiro atoms. The molecule has 1 atom stereocenters. The first kappa shape index (κ1) is 10.1. The lowest BCUT2D eigenvalue weighted by Gasteiger charge is -2.25. The summed E-state index contributed by atoms with van der Waals surface area (Å²) in [5.41, 5.74) is 5.85. The van der Waals surface area contributed by atoms with Crippen LogP contribution in [0, 0.1) is 6.92 Å². The number of hydrogen-bond donors (Lipinski definition) is 1. The summed E-state index contributed by atoms with van der Waals surface area (Å²) in [6, 6.07) is 5.62. The molecule has 1 aliphatic rings. The number of hydrogen-bond acceptors (Lipinski definition) is 3. The fourth-order valence-electron chi connectivity index (χ4n) is 1.85. The average Bonchev–Trinajstić information content (AvgIpc) is 2.92. The molecule has 1 saturated carbocycles. The highest BCUT2D eigenvalue weighted by Crippen LogP contribution is 2.34. The second-order valence-corrected chi connectivity index (χ2v) is 5.42. The predicted octanol–water partition coefficient (Wildman–Crippen LogP) is 2.15. The van der Waals surface area contributed by atoms with Crippen molar-refractivity contribution < 1.29 is 0 Å². The maximum absolute atomic E-state index is 5.85. The molecule has 0 aromatic carbocycles. The van der Waals surface area contributed by atoms with Crippen LogP contribution in [0.25, 0.3) is 0 Å². The van der Waals surface area contributed by atoms with Crippen LogP contribution in [0.15, 0.2) is 12.1 Å². The van der Waals surface area contributed by atoms with Gasteiger partial charge in [0.25, 0.3) is 0 Å². The lowest BCUT2D eigenvalue weighted by molar-refractivity contribution is 0.243. The first-order valence-corrected chi connectivity index (χ1v) is 6.02. The molecule has 3 heteroatoms. The van der Waals surface area contributed by atoms with Crippen LogP contribution in [0.5, 0.6) is 0 Å². The summed E-state index contributed by atoms with van der Waals surface area (Å²) in [5.74, 6) is 0.